The molecule has 5 heteroatoms. The normalized spacial score (nSPS) is 9.69. The van der Waals surface area contributed by atoms with Gasteiger partial charge in [0.25, 0.3) is 0 Å². The zero-order chi connectivity index (χ0) is 8.97. The molecule has 0 spiro atoms. The zero-order valence-corrected chi connectivity index (χ0v) is 8.31. The summed E-state index contributed by atoms with van der Waals surface area (Å²) < 4.78 is 0. The number of carbonyl (C=O) groups excluding carboxylic acids is 1. The molecule has 0 atom stereocenters. The largest absolute Gasteiger partial charge is 0.412 e. The highest BCUT2D eigenvalue weighted by Gasteiger charge is 2.00. The number of thiazole rings is 1. The maximum atomic E-state index is 11.0. The SMILES string of the molecule is C/C=C/C(=O)Nc1nc(C)cs1.O. The van der Waals surface area contributed by atoms with Crippen molar-refractivity contribution in [3.63, 3.8) is 0 Å². The van der Waals surface area contributed by atoms with Crippen LogP contribution in [0.2, 0.25) is 0 Å². The Bertz CT molecular complexity index is 307. The average Bonchev–Trinajstić information content (AvgIpc) is 2.36. The Morgan fingerprint density at radius 3 is 2.85 bits per heavy atom. The standard InChI is InChI=1S/C8H10N2OS.H2O/c1-3-4-7(11)10-8-9-6(2)5-12-8;/h3-5H,1-2H3,(H,9,10,11);1H2/b4-3+;. The lowest BCUT2D eigenvalue weighted by Gasteiger charge is -1.93. The first kappa shape index (κ1) is 11.8. The van der Waals surface area contributed by atoms with Gasteiger partial charge in [0.1, 0.15) is 0 Å². The molecular formula is C8H12N2O2S. The van der Waals surface area contributed by atoms with Gasteiger partial charge in [0.05, 0.1) is 5.69 Å². The molecule has 0 aromatic carbocycles. The van der Waals surface area contributed by atoms with Gasteiger partial charge in [0.2, 0.25) is 5.91 Å². The summed E-state index contributed by atoms with van der Waals surface area (Å²) in [5.41, 5.74) is 0.927. The van der Waals surface area contributed by atoms with Crippen LogP contribution in [0, 0.1) is 6.92 Å². The molecule has 72 valence electrons. The monoisotopic (exact) mass is 200 g/mol. The smallest absolute Gasteiger partial charge is 0.249 e. The van der Waals surface area contributed by atoms with E-state index in [0.29, 0.717) is 5.13 Å². The second-order valence-corrected chi connectivity index (χ2v) is 3.14. The highest BCUT2D eigenvalue weighted by Crippen LogP contribution is 2.13. The van der Waals surface area contributed by atoms with Gasteiger partial charge < -0.3 is 5.48 Å². The molecule has 0 radical (unpaired) electrons. The molecule has 1 rings (SSSR count). The summed E-state index contributed by atoms with van der Waals surface area (Å²) in [6, 6.07) is 0. The van der Waals surface area contributed by atoms with Crippen LogP contribution in [0.3, 0.4) is 0 Å². The summed E-state index contributed by atoms with van der Waals surface area (Å²) in [6.07, 6.45) is 3.16. The number of nitrogens with one attached hydrogen (secondary N) is 1. The summed E-state index contributed by atoms with van der Waals surface area (Å²) in [5, 5.41) is 5.19. The maximum absolute atomic E-state index is 11.0. The summed E-state index contributed by atoms with van der Waals surface area (Å²) in [5.74, 6) is -0.133. The highest BCUT2D eigenvalue weighted by atomic mass is 32.1. The Labute approximate surface area is 80.6 Å². The minimum absolute atomic E-state index is 0. The van der Waals surface area contributed by atoms with Gasteiger partial charge in [-0.3, -0.25) is 10.1 Å². The molecule has 1 heterocycles. The van der Waals surface area contributed by atoms with Gasteiger partial charge in [-0.05, 0) is 19.9 Å². The fourth-order valence-electron chi connectivity index (χ4n) is 0.710. The van der Waals surface area contributed by atoms with Gasteiger partial charge in [0, 0.05) is 5.38 Å². The number of nitrogens with zero attached hydrogens (tertiary/aromatic N) is 1. The van der Waals surface area contributed by atoms with E-state index in [1.807, 2.05) is 12.3 Å². The van der Waals surface area contributed by atoms with Crippen molar-refractivity contribution in [2.24, 2.45) is 0 Å². The fourth-order valence-corrected chi connectivity index (χ4v) is 1.40. The van der Waals surface area contributed by atoms with E-state index in [4.69, 9.17) is 0 Å². The quantitative estimate of drug-likeness (QED) is 0.727. The molecule has 0 unspecified atom stereocenters. The second kappa shape index (κ2) is 5.45. The maximum Gasteiger partial charge on any atom is 0.249 e. The number of amides is 1. The number of aryl methyl sites for hydroxylation is 1. The first-order chi connectivity index (χ1) is 5.72. The number of allylic oxidation sites excluding steroid dienone is 1. The summed E-state index contributed by atoms with van der Waals surface area (Å²) in [7, 11) is 0. The molecule has 4 nitrogen and oxygen atoms in total. The number of aromatic nitrogens is 1. The van der Waals surface area contributed by atoms with E-state index in [1.165, 1.54) is 17.4 Å². The van der Waals surface area contributed by atoms with Crippen LogP contribution in [0.15, 0.2) is 17.5 Å². The van der Waals surface area contributed by atoms with Crippen LogP contribution in [0.5, 0.6) is 0 Å². The van der Waals surface area contributed by atoms with Crippen LogP contribution in [0.25, 0.3) is 0 Å². The molecule has 1 aromatic heterocycles. The van der Waals surface area contributed by atoms with Crippen LogP contribution >= 0.6 is 11.3 Å². The molecule has 1 amide bonds. The molecule has 0 aliphatic rings. The Morgan fingerprint density at radius 2 is 2.38 bits per heavy atom. The average molecular weight is 200 g/mol. The third kappa shape index (κ3) is 3.82. The molecule has 0 bridgehead atoms. The number of rotatable bonds is 2. The van der Waals surface area contributed by atoms with Crippen LogP contribution in [-0.2, 0) is 4.79 Å². The van der Waals surface area contributed by atoms with Gasteiger partial charge in [-0.15, -0.1) is 11.3 Å². The molecule has 1 aromatic rings. The van der Waals surface area contributed by atoms with E-state index in [0.717, 1.165) is 5.69 Å². The predicted octanol–water partition coefficient (Wildman–Crippen LogP) is 1.14. The van der Waals surface area contributed by atoms with Crippen molar-refractivity contribution in [3.05, 3.63) is 23.2 Å². The minimum Gasteiger partial charge on any atom is -0.412 e. The zero-order valence-electron chi connectivity index (χ0n) is 7.50. The van der Waals surface area contributed by atoms with Gasteiger partial charge >= 0.3 is 0 Å². The van der Waals surface area contributed by atoms with Gasteiger partial charge in [0.15, 0.2) is 5.13 Å². The minimum atomic E-state index is -0.133. The third-order valence-electron chi connectivity index (χ3n) is 1.17. The van der Waals surface area contributed by atoms with E-state index in [9.17, 15) is 4.79 Å². The topological polar surface area (TPSA) is 73.5 Å². The molecular weight excluding hydrogens is 188 g/mol. The van der Waals surface area contributed by atoms with Crippen molar-refractivity contribution in [2.45, 2.75) is 13.8 Å². The number of hydrogen-bond acceptors (Lipinski definition) is 3. The number of hydrogen-bond donors (Lipinski definition) is 1. The van der Waals surface area contributed by atoms with Crippen LogP contribution in [0.1, 0.15) is 12.6 Å². The summed E-state index contributed by atoms with van der Waals surface area (Å²) in [4.78, 5) is 15.1. The Kier molecular flexibility index (Phi) is 4.94. The van der Waals surface area contributed by atoms with E-state index in [1.54, 1.807) is 13.0 Å². The Morgan fingerprint density at radius 1 is 1.69 bits per heavy atom. The first-order valence-corrected chi connectivity index (χ1v) is 4.46. The van der Waals surface area contributed by atoms with E-state index in [-0.39, 0.29) is 11.4 Å². The van der Waals surface area contributed by atoms with E-state index < -0.39 is 0 Å². The van der Waals surface area contributed by atoms with E-state index in [2.05, 4.69) is 10.3 Å². The van der Waals surface area contributed by atoms with E-state index >= 15 is 0 Å². The number of anilines is 1. The van der Waals surface area contributed by atoms with Crippen molar-refractivity contribution in [1.29, 1.82) is 0 Å². The lowest BCUT2D eigenvalue weighted by Crippen LogP contribution is -2.07. The summed E-state index contributed by atoms with van der Waals surface area (Å²) in [6.45, 7) is 3.69. The van der Waals surface area contributed by atoms with Crippen molar-refractivity contribution in [1.82, 2.24) is 4.98 Å². The third-order valence-corrected chi connectivity index (χ3v) is 2.04. The molecule has 0 fully saturated rings. The molecule has 0 aliphatic carbocycles. The van der Waals surface area contributed by atoms with Crippen LogP contribution in [0.4, 0.5) is 5.13 Å². The van der Waals surface area contributed by atoms with Gasteiger partial charge in [-0.1, -0.05) is 6.08 Å². The molecule has 0 saturated carbocycles. The Balaban J connectivity index is 0.00000144. The van der Waals surface area contributed by atoms with Crippen molar-refractivity contribution in [2.75, 3.05) is 5.32 Å². The van der Waals surface area contributed by atoms with Crippen molar-refractivity contribution >= 4 is 22.4 Å². The molecule has 3 N–H and O–H groups in total. The van der Waals surface area contributed by atoms with Gasteiger partial charge in [-0.2, -0.15) is 0 Å². The molecule has 13 heavy (non-hydrogen) atoms. The number of carbonyl (C=O) groups is 1. The second-order valence-electron chi connectivity index (χ2n) is 2.28. The highest BCUT2D eigenvalue weighted by molar-refractivity contribution is 7.13. The van der Waals surface area contributed by atoms with Crippen molar-refractivity contribution < 1.29 is 10.3 Å². The van der Waals surface area contributed by atoms with Crippen LogP contribution < -0.4 is 5.32 Å². The van der Waals surface area contributed by atoms with Crippen molar-refractivity contribution in [3.8, 4) is 0 Å². The predicted molar refractivity (Wildman–Crippen MR) is 53.9 cm³/mol. The van der Waals surface area contributed by atoms with Crippen LogP contribution in [-0.4, -0.2) is 16.4 Å². The molecule has 0 aliphatic heterocycles. The van der Waals surface area contributed by atoms with Gasteiger partial charge in [-0.25, -0.2) is 4.98 Å². The lowest BCUT2D eigenvalue weighted by molar-refractivity contribution is -0.111. The fraction of sp³-hybridized carbons (Fsp3) is 0.250. The first-order valence-electron chi connectivity index (χ1n) is 3.58. The molecule has 0 saturated heterocycles. The summed E-state index contributed by atoms with van der Waals surface area (Å²) >= 11 is 1.43. The Hall–Kier alpha value is -1.20. The lowest BCUT2D eigenvalue weighted by atomic mass is 10.5.